The molecule has 2 saturated heterocycles. The van der Waals surface area contributed by atoms with Crippen LogP contribution in [0.25, 0.3) is 27.1 Å². The number of fused-ring (bicyclic) bond motifs is 3. The van der Waals surface area contributed by atoms with Gasteiger partial charge < -0.3 is 19.9 Å². The number of rotatable bonds is 3. The number of hydrogen-bond donors (Lipinski definition) is 2. The van der Waals surface area contributed by atoms with Crippen LogP contribution in [0.1, 0.15) is 40.6 Å². The number of thiophene rings is 1. The van der Waals surface area contributed by atoms with E-state index in [-0.39, 0.29) is 18.1 Å². The van der Waals surface area contributed by atoms with Gasteiger partial charge in [-0.2, -0.15) is 5.10 Å². The summed E-state index contributed by atoms with van der Waals surface area (Å²) in [6.07, 6.45) is 3.70. The van der Waals surface area contributed by atoms with Crippen molar-refractivity contribution < 1.29 is 9.53 Å². The number of nitrogens with zero attached hydrogens (tertiary/aromatic N) is 4. The minimum Gasteiger partial charge on any atom is -0.373 e. The zero-order chi connectivity index (χ0) is 22.0. The number of pyridine rings is 1. The highest BCUT2D eigenvalue weighted by Crippen LogP contribution is 2.40. The van der Waals surface area contributed by atoms with Crippen LogP contribution in [0, 0.1) is 6.92 Å². The molecule has 4 aromatic rings. The first-order valence-corrected chi connectivity index (χ1v) is 11.9. The van der Waals surface area contributed by atoms with E-state index in [9.17, 15) is 4.79 Å². The van der Waals surface area contributed by atoms with Crippen LogP contribution >= 0.6 is 11.3 Å². The van der Waals surface area contributed by atoms with E-state index in [1.54, 1.807) is 17.7 Å². The van der Waals surface area contributed by atoms with Crippen molar-refractivity contribution in [1.29, 1.82) is 0 Å². The summed E-state index contributed by atoms with van der Waals surface area (Å²) in [5.74, 6) is 0.398. The number of aromatic nitrogens is 4. The average molecular weight is 451 g/mol. The van der Waals surface area contributed by atoms with Gasteiger partial charge in [-0.15, -0.1) is 11.3 Å². The summed E-state index contributed by atoms with van der Waals surface area (Å²) in [4.78, 5) is 23.9. The topological polar surface area (TPSA) is 87.5 Å². The van der Waals surface area contributed by atoms with Crippen LogP contribution in [0.4, 0.5) is 0 Å². The predicted octanol–water partition coefficient (Wildman–Crippen LogP) is 3.18. The molecule has 2 atom stereocenters. The fourth-order valence-corrected chi connectivity index (χ4v) is 6.31. The van der Waals surface area contributed by atoms with Crippen molar-refractivity contribution >= 4 is 33.1 Å². The van der Waals surface area contributed by atoms with Gasteiger partial charge in [-0.05, 0) is 36.1 Å². The van der Waals surface area contributed by atoms with E-state index in [4.69, 9.17) is 4.74 Å². The Kier molecular flexibility index (Phi) is 4.60. The molecule has 9 heteroatoms. The molecule has 0 radical (unpaired) electrons. The quantitative estimate of drug-likeness (QED) is 0.501. The molecule has 32 heavy (non-hydrogen) atoms. The number of amides is 1. The number of carbonyl (C=O) groups is 1. The molecule has 6 rings (SSSR count). The van der Waals surface area contributed by atoms with Gasteiger partial charge in [0.25, 0.3) is 5.91 Å². The van der Waals surface area contributed by atoms with Crippen molar-refractivity contribution in [1.82, 2.24) is 29.8 Å². The molecule has 4 aromatic heterocycles. The second-order valence-corrected chi connectivity index (χ2v) is 10.1. The molecule has 2 aliphatic heterocycles. The maximum Gasteiger partial charge on any atom is 0.264 e. The molecule has 0 saturated carbocycles. The van der Waals surface area contributed by atoms with E-state index in [0.29, 0.717) is 25.6 Å². The number of ether oxygens (including phenoxy) is 1. The van der Waals surface area contributed by atoms with Gasteiger partial charge in [0.15, 0.2) is 5.65 Å². The number of hydrogen-bond acceptors (Lipinski definition) is 6. The summed E-state index contributed by atoms with van der Waals surface area (Å²) >= 11 is 1.59. The molecule has 0 bridgehead atoms. The highest BCUT2D eigenvalue weighted by Gasteiger charge is 2.38. The van der Waals surface area contributed by atoms with Crippen molar-refractivity contribution in [3.8, 4) is 11.3 Å². The molecule has 2 N–H and O–H groups in total. The molecule has 6 heterocycles. The zero-order valence-corrected chi connectivity index (χ0v) is 19.2. The summed E-state index contributed by atoms with van der Waals surface area (Å²) in [6.45, 7) is 9.37. The summed E-state index contributed by atoms with van der Waals surface area (Å²) in [5.41, 5.74) is 6.36. The van der Waals surface area contributed by atoms with Crippen LogP contribution in [0.15, 0.2) is 24.7 Å². The highest BCUT2D eigenvalue weighted by molar-refractivity contribution is 7.21. The molecule has 166 valence electrons. The Balaban J connectivity index is 1.37. The summed E-state index contributed by atoms with van der Waals surface area (Å²) in [5, 5.41) is 7.79. The Labute approximate surface area is 189 Å². The van der Waals surface area contributed by atoms with Crippen LogP contribution in [-0.2, 0) is 4.74 Å². The van der Waals surface area contributed by atoms with Crippen LogP contribution in [-0.4, -0.2) is 68.8 Å². The van der Waals surface area contributed by atoms with Crippen LogP contribution in [0.5, 0.6) is 0 Å². The van der Waals surface area contributed by atoms with Gasteiger partial charge in [0, 0.05) is 31.4 Å². The minimum atomic E-state index is 0.0931. The second kappa shape index (κ2) is 7.40. The smallest absolute Gasteiger partial charge is 0.264 e. The molecular formula is C23H26N6O2S. The first kappa shape index (κ1) is 19.9. The lowest BCUT2D eigenvalue weighted by Gasteiger charge is -2.25. The summed E-state index contributed by atoms with van der Waals surface area (Å²) in [6, 6.07) is 4.40. The van der Waals surface area contributed by atoms with Crippen LogP contribution < -0.4 is 5.32 Å². The van der Waals surface area contributed by atoms with Crippen molar-refractivity contribution in [3.63, 3.8) is 0 Å². The van der Waals surface area contributed by atoms with E-state index in [2.05, 4.69) is 47.2 Å². The average Bonchev–Trinajstić information content (AvgIpc) is 3.53. The first-order valence-electron chi connectivity index (χ1n) is 11.1. The standard InChI is InChI=1S/C23H26N6O2S/c1-12(2)19-20(14-6-13(3)22-25-11-26-29(22)8-14)27-15-7-18(32-21(15)19)23(30)28-9-16-17(10-28)31-5-4-24-16/h6-8,11-12,16-17,24,27H,4-5,9-10H2,1-3H3/t16-,17+/m0/s1. The largest absolute Gasteiger partial charge is 0.373 e. The Morgan fingerprint density at radius 2 is 2.19 bits per heavy atom. The lowest BCUT2D eigenvalue weighted by atomic mass is 9.99. The van der Waals surface area contributed by atoms with Crippen LogP contribution in [0.3, 0.4) is 0 Å². The van der Waals surface area contributed by atoms with Gasteiger partial charge in [-0.1, -0.05) is 13.8 Å². The maximum atomic E-state index is 13.3. The Morgan fingerprint density at radius 1 is 1.31 bits per heavy atom. The van der Waals surface area contributed by atoms with Gasteiger partial charge in [0.2, 0.25) is 0 Å². The van der Waals surface area contributed by atoms with Gasteiger partial charge >= 0.3 is 0 Å². The first-order chi connectivity index (χ1) is 15.5. The van der Waals surface area contributed by atoms with Crippen molar-refractivity contribution in [3.05, 3.63) is 40.7 Å². The van der Waals surface area contributed by atoms with E-state index < -0.39 is 0 Å². The SMILES string of the molecule is Cc1cc(-c2[nH]c3cc(C(=O)N4C[C@@H]5NCCO[C@@H]5C4)sc3c2C(C)C)cn2ncnc12. The number of likely N-dealkylation sites (tertiary alicyclic amines) is 1. The fourth-order valence-electron chi connectivity index (χ4n) is 5.03. The minimum absolute atomic E-state index is 0.0931. The van der Waals surface area contributed by atoms with Crippen molar-refractivity contribution in [2.24, 2.45) is 0 Å². The monoisotopic (exact) mass is 450 g/mol. The third-order valence-corrected chi connectivity index (χ3v) is 7.69. The lowest BCUT2D eigenvalue weighted by Crippen LogP contribution is -2.47. The molecule has 0 aromatic carbocycles. The van der Waals surface area contributed by atoms with Gasteiger partial charge in [-0.25, -0.2) is 9.50 Å². The number of H-pyrrole nitrogens is 1. The fraction of sp³-hybridized carbons (Fsp3) is 0.435. The molecule has 8 nitrogen and oxygen atoms in total. The Morgan fingerprint density at radius 3 is 3.00 bits per heavy atom. The Hall–Kier alpha value is -2.75. The number of aryl methyl sites for hydroxylation is 1. The van der Waals surface area contributed by atoms with Crippen molar-refractivity contribution in [2.45, 2.75) is 38.8 Å². The number of nitrogens with one attached hydrogen (secondary N) is 2. The van der Waals surface area contributed by atoms with E-state index in [1.807, 2.05) is 21.7 Å². The third-order valence-electron chi connectivity index (χ3n) is 6.54. The van der Waals surface area contributed by atoms with E-state index in [0.717, 1.165) is 44.1 Å². The summed E-state index contributed by atoms with van der Waals surface area (Å²) in [7, 11) is 0. The van der Waals surface area contributed by atoms with Crippen LogP contribution in [0.2, 0.25) is 0 Å². The normalized spacial score (nSPS) is 21.2. The van der Waals surface area contributed by atoms with Crippen molar-refractivity contribution in [2.75, 3.05) is 26.2 Å². The molecular weight excluding hydrogens is 424 g/mol. The molecule has 0 aliphatic carbocycles. The molecule has 0 spiro atoms. The Bertz CT molecular complexity index is 1320. The molecule has 1 amide bonds. The summed E-state index contributed by atoms with van der Waals surface area (Å²) < 4.78 is 8.82. The van der Waals surface area contributed by atoms with Gasteiger partial charge in [-0.3, -0.25) is 4.79 Å². The molecule has 2 aliphatic rings. The second-order valence-electron chi connectivity index (χ2n) is 9.04. The highest BCUT2D eigenvalue weighted by atomic mass is 32.1. The van der Waals surface area contributed by atoms with E-state index >= 15 is 0 Å². The lowest BCUT2D eigenvalue weighted by molar-refractivity contribution is 0.0176. The van der Waals surface area contributed by atoms with E-state index in [1.165, 1.54) is 5.56 Å². The number of aromatic amines is 1. The number of carbonyl (C=O) groups excluding carboxylic acids is 1. The third kappa shape index (κ3) is 3.07. The molecule has 2 fully saturated rings. The maximum absolute atomic E-state index is 13.3. The zero-order valence-electron chi connectivity index (χ0n) is 18.4. The van der Waals surface area contributed by atoms with Gasteiger partial charge in [0.05, 0.1) is 39.5 Å². The number of morpholine rings is 1. The molecule has 0 unspecified atom stereocenters. The predicted molar refractivity (Wildman–Crippen MR) is 124 cm³/mol. The van der Waals surface area contributed by atoms with Gasteiger partial charge in [0.1, 0.15) is 6.33 Å².